The zero-order valence-electron chi connectivity index (χ0n) is 17.5. The molecule has 0 N–H and O–H groups in total. The summed E-state index contributed by atoms with van der Waals surface area (Å²) in [4.78, 5) is 45.7. The van der Waals surface area contributed by atoms with Crippen molar-refractivity contribution in [1.29, 1.82) is 0 Å². The molecule has 0 fully saturated rings. The predicted octanol–water partition coefficient (Wildman–Crippen LogP) is 4.30. The van der Waals surface area contributed by atoms with Gasteiger partial charge in [0.15, 0.2) is 0 Å². The van der Waals surface area contributed by atoms with E-state index in [4.69, 9.17) is 11.6 Å². The molecule has 0 radical (unpaired) electrons. The fourth-order valence-electron chi connectivity index (χ4n) is 3.78. The minimum atomic E-state index is -0.506. The maximum Gasteiger partial charge on any atom is 0.337 e. The third kappa shape index (κ3) is 3.66. The summed E-state index contributed by atoms with van der Waals surface area (Å²) < 4.78 is 4.83. The average Bonchev–Trinajstić information content (AvgIpc) is 3.07. The molecule has 4 aromatic heterocycles. The molecular formula is C23H16BrClN4O3S. The van der Waals surface area contributed by atoms with Gasteiger partial charge in [-0.05, 0) is 71.7 Å². The molecule has 0 aliphatic carbocycles. The molecule has 0 bridgehead atoms. The van der Waals surface area contributed by atoms with Gasteiger partial charge in [0.25, 0.3) is 11.1 Å². The second-order valence-corrected chi connectivity index (χ2v) is 10.2. The maximum absolute atomic E-state index is 13.6. The van der Waals surface area contributed by atoms with Gasteiger partial charge < -0.3 is 0 Å². The van der Waals surface area contributed by atoms with Crippen LogP contribution in [0.5, 0.6) is 0 Å². The molecular weight excluding hydrogens is 528 g/mol. The second-order valence-electron chi connectivity index (χ2n) is 7.61. The maximum atomic E-state index is 13.6. The van der Waals surface area contributed by atoms with Gasteiger partial charge in [0.05, 0.1) is 23.3 Å². The third-order valence-electron chi connectivity index (χ3n) is 5.53. The summed E-state index contributed by atoms with van der Waals surface area (Å²) >= 11 is 10.7. The number of hydrogen-bond acceptors (Lipinski definition) is 5. The topological polar surface area (TPSA) is 78.4 Å². The molecule has 0 saturated carbocycles. The smallest absolute Gasteiger partial charge is 0.278 e. The van der Waals surface area contributed by atoms with Gasteiger partial charge in [-0.1, -0.05) is 11.6 Å². The molecule has 0 aliphatic heterocycles. The summed E-state index contributed by atoms with van der Waals surface area (Å²) in [5, 5.41) is 0.983. The first-order chi connectivity index (χ1) is 15.7. The van der Waals surface area contributed by atoms with Crippen LogP contribution in [0.3, 0.4) is 0 Å². The molecule has 166 valence electrons. The van der Waals surface area contributed by atoms with E-state index in [1.54, 1.807) is 42.6 Å². The molecule has 0 amide bonds. The number of aromatic nitrogens is 4. The molecule has 0 spiro atoms. The molecule has 0 atom stereocenters. The molecule has 10 heteroatoms. The van der Waals surface area contributed by atoms with Crippen LogP contribution in [-0.4, -0.2) is 18.5 Å². The molecule has 7 nitrogen and oxygen atoms in total. The Labute approximate surface area is 204 Å². The van der Waals surface area contributed by atoms with E-state index in [9.17, 15) is 14.4 Å². The molecule has 0 unspecified atom stereocenters. The zero-order valence-corrected chi connectivity index (χ0v) is 20.7. The Balaban J connectivity index is 1.79. The first-order valence-electron chi connectivity index (χ1n) is 9.94. The number of halogens is 2. The van der Waals surface area contributed by atoms with Gasteiger partial charge in [-0.15, -0.1) is 11.3 Å². The SMILES string of the molecule is Cc1sc2c(c1C)c(=O)n(-c1ccc(Cl)cc1)c(=O)n2Cc1cc(=O)n2cc(Br)ccc2n1. The van der Waals surface area contributed by atoms with Crippen LogP contribution in [0.2, 0.25) is 5.02 Å². The fraction of sp³-hybridized carbons (Fsp3) is 0.130. The van der Waals surface area contributed by atoms with E-state index in [0.29, 0.717) is 32.3 Å². The summed E-state index contributed by atoms with van der Waals surface area (Å²) in [6, 6.07) is 11.5. The van der Waals surface area contributed by atoms with Crippen LogP contribution in [0.1, 0.15) is 16.1 Å². The van der Waals surface area contributed by atoms with Crippen LogP contribution in [0.25, 0.3) is 21.6 Å². The molecule has 0 saturated heterocycles. The van der Waals surface area contributed by atoms with Crippen LogP contribution >= 0.6 is 38.9 Å². The first kappa shape index (κ1) is 21.8. The number of benzene rings is 1. The van der Waals surface area contributed by atoms with Crippen molar-refractivity contribution in [3.8, 4) is 5.69 Å². The van der Waals surface area contributed by atoms with Crippen molar-refractivity contribution in [3.05, 3.63) is 105 Å². The number of nitrogens with zero attached hydrogens (tertiary/aromatic N) is 4. The number of rotatable bonds is 3. The Bertz CT molecular complexity index is 1750. The van der Waals surface area contributed by atoms with E-state index >= 15 is 0 Å². The lowest BCUT2D eigenvalue weighted by Gasteiger charge is -2.13. The number of thiophene rings is 1. The molecule has 0 aliphatic rings. The Morgan fingerprint density at radius 1 is 1.06 bits per heavy atom. The highest BCUT2D eigenvalue weighted by atomic mass is 79.9. The first-order valence-corrected chi connectivity index (χ1v) is 11.9. The van der Waals surface area contributed by atoms with Crippen molar-refractivity contribution < 1.29 is 0 Å². The van der Waals surface area contributed by atoms with E-state index in [2.05, 4.69) is 20.9 Å². The number of aryl methyl sites for hydroxylation is 2. The summed E-state index contributed by atoms with van der Waals surface area (Å²) in [5.74, 6) is 0. The van der Waals surface area contributed by atoms with Crippen molar-refractivity contribution in [1.82, 2.24) is 18.5 Å². The van der Waals surface area contributed by atoms with E-state index < -0.39 is 5.69 Å². The largest absolute Gasteiger partial charge is 0.337 e. The summed E-state index contributed by atoms with van der Waals surface area (Å²) in [6.45, 7) is 3.83. The lowest BCUT2D eigenvalue weighted by molar-refractivity contribution is 0.704. The van der Waals surface area contributed by atoms with Crippen molar-refractivity contribution in [2.45, 2.75) is 20.4 Å². The van der Waals surface area contributed by atoms with Gasteiger partial charge in [-0.2, -0.15) is 0 Å². The van der Waals surface area contributed by atoms with Gasteiger partial charge >= 0.3 is 5.69 Å². The van der Waals surface area contributed by atoms with E-state index in [0.717, 1.165) is 19.5 Å². The van der Waals surface area contributed by atoms with Crippen LogP contribution in [0.15, 0.2) is 67.5 Å². The van der Waals surface area contributed by atoms with Crippen molar-refractivity contribution in [3.63, 3.8) is 0 Å². The highest BCUT2D eigenvalue weighted by molar-refractivity contribution is 9.10. The quantitative estimate of drug-likeness (QED) is 0.340. The Kier molecular flexibility index (Phi) is 5.35. The molecule has 1 aromatic carbocycles. The fourth-order valence-corrected chi connectivity index (χ4v) is 5.39. The van der Waals surface area contributed by atoms with Crippen molar-refractivity contribution in [2.24, 2.45) is 0 Å². The van der Waals surface area contributed by atoms with Crippen LogP contribution < -0.4 is 16.8 Å². The molecule has 5 rings (SSSR count). The average molecular weight is 544 g/mol. The van der Waals surface area contributed by atoms with Crippen LogP contribution in [-0.2, 0) is 6.54 Å². The molecule has 5 aromatic rings. The van der Waals surface area contributed by atoms with Gasteiger partial charge in [0, 0.05) is 26.6 Å². The normalized spacial score (nSPS) is 11.5. The standard InChI is InChI=1S/C23H16BrClN4O3S/c1-12-13(2)33-22-20(12)21(31)29(17-6-4-15(25)5-7-17)23(32)28(22)11-16-9-19(30)27-10-14(24)3-8-18(27)26-16/h3-10H,11H2,1-2H3. The Hall–Kier alpha value is -3.01. The molecule has 33 heavy (non-hydrogen) atoms. The second kappa shape index (κ2) is 8.09. The Morgan fingerprint density at radius 2 is 1.79 bits per heavy atom. The van der Waals surface area contributed by atoms with Crippen LogP contribution in [0.4, 0.5) is 0 Å². The van der Waals surface area contributed by atoms with Gasteiger partial charge in [0.2, 0.25) is 0 Å². The van der Waals surface area contributed by atoms with Gasteiger partial charge in [-0.3, -0.25) is 18.6 Å². The number of pyridine rings is 1. The Morgan fingerprint density at radius 3 is 2.52 bits per heavy atom. The lowest BCUT2D eigenvalue weighted by atomic mass is 10.2. The highest BCUT2D eigenvalue weighted by Gasteiger charge is 2.20. The third-order valence-corrected chi connectivity index (χ3v) is 7.48. The van der Waals surface area contributed by atoms with Gasteiger partial charge in [-0.25, -0.2) is 14.3 Å². The number of fused-ring (bicyclic) bond motifs is 2. The summed E-state index contributed by atoms with van der Waals surface area (Å²) in [7, 11) is 0. The highest BCUT2D eigenvalue weighted by Crippen LogP contribution is 2.27. The minimum Gasteiger partial charge on any atom is -0.278 e. The molecule has 4 heterocycles. The van der Waals surface area contributed by atoms with Crippen molar-refractivity contribution in [2.75, 3.05) is 0 Å². The van der Waals surface area contributed by atoms with E-state index in [1.165, 1.54) is 26.4 Å². The summed E-state index contributed by atoms with van der Waals surface area (Å²) in [5.41, 5.74) is 0.994. The monoisotopic (exact) mass is 542 g/mol. The van der Waals surface area contributed by atoms with E-state index in [-0.39, 0.29) is 17.7 Å². The number of hydrogen-bond donors (Lipinski definition) is 0. The lowest BCUT2D eigenvalue weighted by Crippen LogP contribution is -2.39. The summed E-state index contributed by atoms with van der Waals surface area (Å²) in [6.07, 6.45) is 1.64. The predicted molar refractivity (Wildman–Crippen MR) is 134 cm³/mol. The van der Waals surface area contributed by atoms with Crippen LogP contribution in [0, 0.1) is 13.8 Å². The zero-order chi connectivity index (χ0) is 23.4. The minimum absolute atomic E-state index is 0.0460. The van der Waals surface area contributed by atoms with Crippen molar-refractivity contribution >= 4 is 54.7 Å². The van der Waals surface area contributed by atoms with Gasteiger partial charge in [0.1, 0.15) is 10.5 Å². The van der Waals surface area contributed by atoms with E-state index in [1.807, 2.05) is 13.8 Å².